The maximum atomic E-state index is 14.0. The second-order valence-electron chi connectivity index (χ2n) is 10.6. The summed E-state index contributed by atoms with van der Waals surface area (Å²) in [6.45, 7) is 1.47. The third-order valence-corrected chi connectivity index (χ3v) is 8.56. The van der Waals surface area contributed by atoms with Crippen molar-refractivity contribution in [1.82, 2.24) is 19.5 Å². The lowest BCUT2D eigenvalue weighted by molar-refractivity contribution is -0.139. The number of fused-ring (bicyclic) bond motifs is 1. The van der Waals surface area contributed by atoms with Crippen molar-refractivity contribution in [1.29, 1.82) is 0 Å². The Bertz CT molecular complexity index is 1440. The van der Waals surface area contributed by atoms with Crippen LogP contribution in [0.4, 0.5) is 5.82 Å². The van der Waals surface area contributed by atoms with Crippen LogP contribution in [0, 0.1) is 0 Å². The standard InChI is InChI=1S/C30H31BClN5O/c31-24-20-33-37-27(19-26(35-28(24)37)23-11-5-6-12-25(23)32)34-22-13-17-36(18-14-22)29(38)30(15-7-2-8-16-30)21-9-3-1-4-10-21/h1,3-6,9-12,19-20,22,34H,2,7-8,13-18H2. The highest BCUT2D eigenvalue weighted by Gasteiger charge is 2.44. The zero-order chi connectivity index (χ0) is 26.1. The van der Waals surface area contributed by atoms with Crippen molar-refractivity contribution >= 4 is 42.3 Å². The van der Waals surface area contributed by atoms with Crippen molar-refractivity contribution < 1.29 is 4.79 Å². The average Bonchev–Trinajstić information content (AvgIpc) is 3.35. The molecule has 2 radical (unpaired) electrons. The van der Waals surface area contributed by atoms with Gasteiger partial charge in [0.25, 0.3) is 0 Å². The molecule has 4 aromatic rings. The number of rotatable bonds is 5. The highest BCUT2D eigenvalue weighted by Crippen LogP contribution is 2.41. The molecule has 1 saturated heterocycles. The van der Waals surface area contributed by atoms with Gasteiger partial charge in [0.05, 0.1) is 11.1 Å². The van der Waals surface area contributed by atoms with Gasteiger partial charge in [0, 0.05) is 42.0 Å². The van der Waals surface area contributed by atoms with E-state index < -0.39 is 0 Å². The van der Waals surface area contributed by atoms with Crippen LogP contribution in [-0.2, 0) is 10.2 Å². The molecule has 1 aliphatic carbocycles. The lowest BCUT2D eigenvalue weighted by Crippen LogP contribution is -2.51. The molecule has 2 fully saturated rings. The fourth-order valence-electron chi connectivity index (χ4n) is 6.17. The summed E-state index contributed by atoms with van der Waals surface area (Å²) in [5.74, 6) is 1.12. The van der Waals surface area contributed by atoms with Crippen molar-refractivity contribution in [2.24, 2.45) is 0 Å². The number of nitrogens with zero attached hydrogens (tertiary/aromatic N) is 4. The summed E-state index contributed by atoms with van der Waals surface area (Å²) in [6.07, 6.45) is 8.65. The molecule has 1 amide bonds. The van der Waals surface area contributed by atoms with E-state index in [1.165, 1.54) is 12.0 Å². The molecule has 1 N–H and O–H groups in total. The lowest BCUT2D eigenvalue weighted by atomic mass is 9.68. The molecule has 2 aliphatic rings. The van der Waals surface area contributed by atoms with Gasteiger partial charge in [-0.15, -0.1) is 0 Å². The van der Waals surface area contributed by atoms with E-state index in [1.807, 2.05) is 36.4 Å². The van der Waals surface area contributed by atoms with Crippen LogP contribution in [0.3, 0.4) is 0 Å². The Hall–Kier alpha value is -3.32. The second-order valence-corrected chi connectivity index (χ2v) is 11.0. The van der Waals surface area contributed by atoms with Crippen molar-refractivity contribution in [2.75, 3.05) is 18.4 Å². The molecule has 8 heteroatoms. The summed E-state index contributed by atoms with van der Waals surface area (Å²) in [5, 5.41) is 8.76. The Kier molecular flexibility index (Phi) is 6.87. The Morgan fingerprint density at radius 1 is 1.00 bits per heavy atom. The van der Waals surface area contributed by atoms with Gasteiger partial charge < -0.3 is 10.2 Å². The number of carbonyl (C=O) groups is 1. The van der Waals surface area contributed by atoms with E-state index in [1.54, 1.807) is 10.7 Å². The minimum Gasteiger partial charge on any atom is -0.367 e. The van der Waals surface area contributed by atoms with Gasteiger partial charge in [-0.05, 0) is 42.8 Å². The van der Waals surface area contributed by atoms with E-state index in [-0.39, 0.29) is 11.5 Å². The first-order valence-corrected chi connectivity index (χ1v) is 13.9. The van der Waals surface area contributed by atoms with E-state index in [4.69, 9.17) is 24.4 Å². The summed E-state index contributed by atoms with van der Waals surface area (Å²) < 4.78 is 1.75. The average molecular weight is 524 g/mol. The Morgan fingerprint density at radius 3 is 2.45 bits per heavy atom. The predicted molar refractivity (Wildman–Crippen MR) is 153 cm³/mol. The molecule has 1 saturated carbocycles. The Labute approximate surface area is 229 Å². The van der Waals surface area contributed by atoms with Gasteiger partial charge in [-0.2, -0.15) is 9.61 Å². The second kappa shape index (κ2) is 10.4. The number of amides is 1. The van der Waals surface area contributed by atoms with Crippen LogP contribution >= 0.6 is 11.6 Å². The number of likely N-dealkylation sites (tertiary alicyclic amines) is 1. The van der Waals surface area contributed by atoms with Gasteiger partial charge in [0.1, 0.15) is 13.7 Å². The number of hydrogen-bond donors (Lipinski definition) is 1. The van der Waals surface area contributed by atoms with E-state index in [9.17, 15) is 4.79 Å². The molecule has 0 atom stereocenters. The van der Waals surface area contributed by atoms with Crippen molar-refractivity contribution in [3.05, 3.63) is 77.4 Å². The number of hydrogen-bond acceptors (Lipinski definition) is 4. The topological polar surface area (TPSA) is 62.5 Å². The van der Waals surface area contributed by atoms with E-state index in [2.05, 4.69) is 39.6 Å². The number of benzene rings is 2. The minimum absolute atomic E-state index is 0.202. The normalized spacial score (nSPS) is 18.0. The van der Waals surface area contributed by atoms with Crippen molar-refractivity contribution in [3.63, 3.8) is 0 Å². The van der Waals surface area contributed by atoms with Gasteiger partial charge in [0.15, 0.2) is 5.65 Å². The van der Waals surface area contributed by atoms with Crippen LogP contribution < -0.4 is 10.8 Å². The summed E-state index contributed by atoms with van der Waals surface area (Å²) in [5.41, 5.74) is 3.49. The number of halogens is 1. The maximum Gasteiger partial charge on any atom is 0.233 e. The number of nitrogens with one attached hydrogen (secondary N) is 1. The summed E-state index contributed by atoms with van der Waals surface area (Å²) in [4.78, 5) is 20.8. The Balaban J connectivity index is 1.21. The Morgan fingerprint density at radius 2 is 1.71 bits per heavy atom. The van der Waals surface area contributed by atoms with Gasteiger partial charge in [-0.1, -0.05) is 79.4 Å². The summed E-state index contributed by atoms with van der Waals surface area (Å²) in [6, 6.07) is 20.3. The minimum atomic E-state index is -0.381. The monoisotopic (exact) mass is 523 g/mol. The van der Waals surface area contributed by atoms with Crippen LogP contribution in [0.5, 0.6) is 0 Å². The highest BCUT2D eigenvalue weighted by atomic mass is 35.5. The highest BCUT2D eigenvalue weighted by molar-refractivity contribution is 6.36. The third kappa shape index (κ3) is 4.58. The number of aromatic nitrogens is 3. The number of piperidine rings is 1. The van der Waals surface area contributed by atoms with E-state index in [0.717, 1.165) is 68.7 Å². The first-order chi connectivity index (χ1) is 18.5. The quantitative estimate of drug-likeness (QED) is 0.368. The first kappa shape index (κ1) is 25.0. The number of anilines is 1. The smallest absolute Gasteiger partial charge is 0.233 e. The molecule has 6 rings (SSSR count). The van der Waals surface area contributed by atoms with Crippen LogP contribution in [0.15, 0.2) is 66.9 Å². The molecule has 0 bridgehead atoms. The molecule has 0 spiro atoms. The molecule has 2 aromatic heterocycles. The third-order valence-electron chi connectivity index (χ3n) is 8.23. The van der Waals surface area contributed by atoms with Crippen LogP contribution in [-0.4, -0.2) is 52.4 Å². The van der Waals surface area contributed by atoms with Crippen LogP contribution in [0.25, 0.3) is 16.9 Å². The predicted octanol–water partition coefficient (Wildman–Crippen LogP) is 5.15. The van der Waals surface area contributed by atoms with Gasteiger partial charge in [0.2, 0.25) is 5.91 Å². The van der Waals surface area contributed by atoms with Crippen molar-refractivity contribution in [2.45, 2.75) is 56.4 Å². The zero-order valence-electron chi connectivity index (χ0n) is 21.4. The molecule has 6 nitrogen and oxygen atoms in total. The zero-order valence-corrected chi connectivity index (χ0v) is 22.2. The number of carbonyl (C=O) groups excluding carboxylic acids is 1. The largest absolute Gasteiger partial charge is 0.367 e. The van der Waals surface area contributed by atoms with E-state index >= 15 is 0 Å². The lowest BCUT2D eigenvalue weighted by Gasteiger charge is -2.42. The van der Waals surface area contributed by atoms with Crippen LogP contribution in [0.1, 0.15) is 50.5 Å². The van der Waals surface area contributed by atoms with Gasteiger partial charge >= 0.3 is 0 Å². The summed E-state index contributed by atoms with van der Waals surface area (Å²) >= 11 is 6.48. The van der Waals surface area contributed by atoms with Crippen molar-refractivity contribution in [3.8, 4) is 11.3 Å². The summed E-state index contributed by atoms with van der Waals surface area (Å²) in [7, 11) is 6.20. The molecular weight excluding hydrogens is 493 g/mol. The molecule has 38 heavy (non-hydrogen) atoms. The fourth-order valence-corrected chi connectivity index (χ4v) is 6.40. The molecule has 3 heterocycles. The SMILES string of the molecule is [B]c1cnn2c(NC3CCN(C(=O)C4(c5ccccc5)CCCCC4)CC3)cc(-c3ccccc3Cl)nc12. The molecule has 0 unspecified atom stereocenters. The van der Waals surface area contributed by atoms with E-state index in [0.29, 0.717) is 22.0 Å². The maximum absolute atomic E-state index is 14.0. The first-order valence-electron chi connectivity index (χ1n) is 13.6. The molecule has 2 aromatic carbocycles. The molecule has 1 aliphatic heterocycles. The fraction of sp³-hybridized carbons (Fsp3) is 0.367. The molecule has 192 valence electrons. The van der Waals surface area contributed by atoms with Gasteiger partial charge in [-0.25, -0.2) is 4.98 Å². The van der Waals surface area contributed by atoms with Crippen LogP contribution in [0.2, 0.25) is 5.02 Å². The molecular formula is C30H31BClN5O. The van der Waals surface area contributed by atoms with Gasteiger partial charge in [-0.3, -0.25) is 4.79 Å².